The first kappa shape index (κ1) is 11.1. The standard InChI is InChI=1S/C14H18N4/c1-9-3-4-11(7-12(9)15)13-5-6-18-8-10(2)16-14(18)17-13/h3-4,7-8,13H,5-6,15H2,1-2H3,(H,16,17). The van der Waals surface area contributed by atoms with Crippen LogP contribution in [-0.2, 0) is 6.54 Å². The van der Waals surface area contributed by atoms with Crippen molar-refractivity contribution in [2.45, 2.75) is 32.9 Å². The van der Waals surface area contributed by atoms with Gasteiger partial charge in [0.1, 0.15) is 0 Å². The zero-order valence-corrected chi connectivity index (χ0v) is 10.8. The van der Waals surface area contributed by atoms with E-state index in [1.807, 2.05) is 13.8 Å². The summed E-state index contributed by atoms with van der Waals surface area (Å²) in [5.74, 6) is 0.961. The Morgan fingerprint density at radius 1 is 1.39 bits per heavy atom. The minimum absolute atomic E-state index is 0.308. The molecule has 2 heterocycles. The fourth-order valence-corrected chi connectivity index (χ4v) is 2.45. The van der Waals surface area contributed by atoms with Crippen molar-refractivity contribution >= 4 is 11.6 Å². The maximum absolute atomic E-state index is 5.98. The number of hydrogen-bond donors (Lipinski definition) is 2. The van der Waals surface area contributed by atoms with Gasteiger partial charge in [-0.25, -0.2) is 4.98 Å². The molecule has 1 atom stereocenters. The molecule has 0 aliphatic carbocycles. The van der Waals surface area contributed by atoms with Crippen molar-refractivity contribution in [1.29, 1.82) is 0 Å². The average molecular weight is 242 g/mol. The summed E-state index contributed by atoms with van der Waals surface area (Å²) in [6.07, 6.45) is 3.15. The van der Waals surface area contributed by atoms with Gasteiger partial charge in [0.2, 0.25) is 5.95 Å². The number of aryl methyl sites for hydroxylation is 3. The number of hydrogen-bond acceptors (Lipinski definition) is 3. The summed E-state index contributed by atoms with van der Waals surface area (Å²) in [6, 6.07) is 6.61. The van der Waals surface area contributed by atoms with Crippen LogP contribution in [0.25, 0.3) is 0 Å². The smallest absolute Gasteiger partial charge is 0.203 e. The van der Waals surface area contributed by atoms with Crippen LogP contribution in [0.4, 0.5) is 11.6 Å². The van der Waals surface area contributed by atoms with E-state index in [1.165, 1.54) is 5.56 Å². The zero-order valence-electron chi connectivity index (χ0n) is 10.8. The number of nitrogens with zero attached hydrogens (tertiary/aromatic N) is 2. The van der Waals surface area contributed by atoms with E-state index in [9.17, 15) is 0 Å². The molecular weight excluding hydrogens is 224 g/mol. The summed E-state index contributed by atoms with van der Waals surface area (Å²) in [5, 5.41) is 3.48. The van der Waals surface area contributed by atoms with Crippen molar-refractivity contribution in [3.05, 3.63) is 41.2 Å². The molecule has 18 heavy (non-hydrogen) atoms. The van der Waals surface area contributed by atoms with E-state index in [0.717, 1.165) is 35.9 Å². The van der Waals surface area contributed by atoms with E-state index in [2.05, 4.69) is 39.3 Å². The van der Waals surface area contributed by atoms with Gasteiger partial charge in [0.15, 0.2) is 0 Å². The van der Waals surface area contributed by atoms with Gasteiger partial charge in [0.05, 0.1) is 11.7 Å². The van der Waals surface area contributed by atoms with Crippen molar-refractivity contribution in [3.63, 3.8) is 0 Å². The number of fused-ring (bicyclic) bond motifs is 1. The maximum Gasteiger partial charge on any atom is 0.203 e. The lowest BCUT2D eigenvalue weighted by molar-refractivity contribution is 0.542. The second-order valence-electron chi connectivity index (χ2n) is 5.00. The lowest BCUT2D eigenvalue weighted by atomic mass is 10.0. The van der Waals surface area contributed by atoms with E-state index in [4.69, 9.17) is 5.73 Å². The Bertz CT molecular complexity index is 585. The lowest BCUT2D eigenvalue weighted by Crippen LogP contribution is -2.22. The second-order valence-corrected chi connectivity index (χ2v) is 5.00. The van der Waals surface area contributed by atoms with Gasteiger partial charge in [-0.05, 0) is 37.5 Å². The normalized spacial score (nSPS) is 18.2. The molecule has 1 aliphatic rings. The Labute approximate surface area is 107 Å². The van der Waals surface area contributed by atoms with Crippen molar-refractivity contribution < 1.29 is 0 Å². The Morgan fingerprint density at radius 2 is 2.22 bits per heavy atom. The van der Waals surface area contributed by atoms with Gasteiger partial charge in [-0.2, -0.15) is 0 Å². The minimum Gasteiger partial charge on any atom is -0.399 e. The van der Waals surface area contributed by atoms with Crippen LogP contribution < -0.4 is 11.1 Å². The Balaban J connectivity index is 1.89. The van der Waals surface area contributed by atoms with Gasteiger partial charge in [-0.15, -0.1) is 0 Å². The highest BCUT2D eigenvalue weighted by Gasteiger charge is 2.20. The molecule has 0 saturated carbocycles. The summed E-state index contributed by atoms with van der Waals surface area (Å²) in [7, 11) is 0. The second kappa shape index (κ2) is 4.05. The molecule has 0 spiro atoms. The van der Waals surface area contributed by atoms with Crippen LogP contribution in [0, 0.1) is 13.8 Å². The highest BCUT2D eigenvalue weighted by atomic mass is 15.2. The van der Waals surface area contributed by atoms with Crippen molar-refractivity contribution in [1.82, 2.24) is 9.55 Å². The molecule has 1 unspecified atom stereocenters. The summed E-state index contributed by atoms with van der Waals surface area (Å²) in [5.41, 5.74) is 10.3. The molecule has 0 bridgehead atoms. The first-order valence-corrected chi connectivity index (χ1v) is 6.30. The number of imidazole rings is 1. The molecule has 3 N–H and O–H groups in total. The van der Waals surface area contributed by atoms with E-state index in [-0.39, 0.29) is 0 Å². The number of nitrogens with two attached hydrogens (primary N) is 1. The van der Waals surface area contributed by atoms with E-state index >= 15 is 0 Å². The number of nitrogen functional groups attached to an aromatic ring is 1. The van der Waals surface area contributed by atoms with Gasteiger partial charge in [-0.1, -0.05) is 12.1 Å². The molecule has 4 nitrogen and oxygen atoms in total. The lowest BCUT2D eigenvalue weighted by Gasteiger charge is -2.26. The van der Waals surface area contributed by atoms with Crippen LogP contribution in [0.3, 0.4) is 0 Å². The molecule has 2 aromatic rings. The number of benzene rings is 1. The van der Waals surface area contributed by atoms with Crippen LogP contribution in [-0.4, -0.2) is 9.55 Å². The number of nitrogens with one attached hydrogen (secondary N) is 1. The van der Waals surface area contributed by atoms with Gasteiger partial charge in [0, 0.05) is 18.4 Å². The number of rotatable bonds is 1. The number of aromatic nitrogens is 2. The van der Waals surface area contributed by atoms with Crippen LogP contribution in [0.2, 0.25) is 0 Å². The minimum atomic E-state index is 0.308. The summed E-state index contributed by atoms with van der Waals surface area (Å²) in [6.45, 7) is 5.05. The molecule has 0 fully saturated rings. The predicted octanol–water partition coefficient (Wildman–Crippen LogP) is 2.64. The van der Waals surface area contributed by atoms with E-state index in [1.54, 1.807) is 0 Å². The molecule has 3 rings (SSSR count). The molecule has 0 saturated heterocycles. The fourth-order valence-electron chi connectivity index (χ4n) is 2.45. The SMILES string of the molecule is Cc1cn2c(n1)NC(c1ccc(C)c(N)c1)CC2. The fraction of sp³-hybridized carbons (Fsp3) is 0.357. The van der Waals surface area contributed by atoms with Gasteiger partial charge < -0.3 is 15.6 Å². The van der Waals surface area contributed by atoms with Crippen LogP contribution in [0.5, 0.6) is 0 Å². The monoisotopic (exact) mass is 242 g/mol. The molecule has 0 radical (unpaired) electrons. The molecule has 4 heteroatoms. The third kappa shape index (κ3) is 1.83. The van der Waals surface area contributed by atoms with Gasteiger partial charge >= 0.3 is 0 Å². The molecule has 0 amide bonds. The third-order valence-corrected chi connectivity index (χ3v) is 3.56. The molecule has 1 aromatic carbocycles. The Hall–Kier alpha value is -1.97. The van der Waals surface area contributed by atoms with Crippen LogP contribution in [0.15, 0.2) is 24.4 Å². The predicted molar refractivity (Wildman–Crippen MR) is 73.5 cm³/mol. The largest absolute Gasteiger partial charge is 0.399 e. The van der Waals surface area contributed by atoms with Crippen molar-refractivity contribution in [2.24, 2.45) is 0 Å². The molecule has 1 aromatic heterocycles. The van der Waals surface area contributed by atoms with E-state index in [0.29, 0.717) is 6.04 Å². The topological polar surface area (TPSA) is 55.9 Å². The first-order chi connectivity index (χ1) is 8.63. The highest BCUT2D eigenvalue weighted by Crippen LogP contribution is 2.29. The average Bonchev–Trinajstić information content (AvgIpc) is 2.71. The summed E-state index contributed by atoms with van der Waals surface area (Å²) < 4.78 is 2.17. The maximum atomic E-state index is 5.98. The van der Waals surface area contributed by atoms with Gasteiger partial charge in [-0.3, -0.25) is 0 Å². The van der Waals surface area contributed by atoms with E-state index < -0.39 is 0 Å². The van der Waals surface area contributed by atoms with Gasteiger partial charge in [0.25, 0.3) is 0 Å². The first-order valence-electron chi connectivity index (χ1n) is 6.30. The van der Waals surface area contributed by atoms with Crippen LogP contribution in [0.1, 0.15) is 29.3 Å². The molecule has 1 aliphatic heterocycles. The van der Waals surface area contributed by atoms with Crippen molar-refractivity contribution in [3.8, 4) is 0 Å². The van der Waals surface area contributed by atoms with Crippen LogP contribution >= 0.6 is 0 Å². The van der Waals surface area contributed by atoms with Crippen molar-refractivity contribution in [2.75, 3.05) is 11.1 Å². The highest BCUT2D eigenvalue weighted by molar-refractivity contribution is 5.50. The number of anilines is 2. The zero-order chi connectivity index (χ0) is 12.7. The molecular formula is C14H18N4. The summed E-state index contributed by atoms with van der Waals surface area (Å²) in [4.78, 5) is 4.49. The third-order valence-electron chi connectivity index (χ3n) is 3.56. The molecule has 94 valence electrons. The Morgan fingerprint density at radius 3 is 3.00 bits per heavy atom. The quantitative estimate of drug-likeness (QED) is 0.756. The Kier molecular flexibility index (Phi) is 2.51. The summed E-state index contributed by atoms with van der Waals surface area (Å²) >= 11 is 0.